The molecule has 32 heavy (non-hydrogen) atoms. The minimum Gasteiger partial charge on any atom is -0.456 e. The zero-order valence-electron chi connectivity index (χ0n) is 19.9. The van der Waals surface area contributed by atoms with Crippen LogP contribution < -0.4 is 0 Å². The van der Waals surface area contributed by atoms with E-state index in [-0.39, 0.29) is 18.1 Å². The molecule has 0 aliphatic carbocycles. The molecule has 0 aliphatic rings. The molecule has 0 fully saturated rings. The Balaban J connectivity index is 1.76. The van der Waals surface area contributed by atoms with Crippen LogP contribution in [-0.2, 0) is 0 Å². The third-order valence-corrected chi connectivity index (χ3v) is 7.10. The van der Waals surface area contributed by atoms with Crippen molar-refractivity contribution in [2.75, 3.05) is 0 Å². The van der Waals surface area contributed by atoms with E-state index in [0.29, 0.717) is 22.1 Å². The summed E-state index contributed by atoms with van der Waals surface area (Å²) in [5.74, 6) is 0. The van der Waals surface area contributed by atoms with Gasteiger partial charge in [-0.1, -0.05) is 84.9 Å². The number of hydrogen-bond donors (Lipinski definition) is 0. The van der Waals surface area contributed by atoms with Crippen molar-refractivity contribution in [2.24, 2.45) is 0 Å². The van der Waals surface area contributed by atoms with Gasteiger partial charge in [-0.3, -0.25) is 0 Å². The van der Waals surface area contributed by atoms with Crippen LogP contribution in [0, 0.1) is 0 Å². The first-order valence-corrected chi connectivity index (χ1v) is 11.3. The van der Waals surface area contributed by atoms with Gasteiger partial charge in [0.1, 0.15) is 11.2 Å². The number of benzene rings is 6. The lowest BCUT2D eigenvalue weighted by atomic mass is 9.91. The Morgan fingerprint density at radius 2 is 1.22 bits per heavy atom. The summed E-state index contributed by atoms with van der Waals surface area (Å²) in [4.78, 5) is 0. The van der Waals surface area contributed by atoms with Crippen LogP contribution in [0.4, 0.5) is 0 Å². The summed E-state index contributed by atoms with van der Waals surface area (Å²) in [7, 11) is 0. The van der Waals surface area contributed by atoms with E-state index in [1.165, 1.54) is 0 Å². The van der Waals surface area contributed by atoms with Crippen LogP contribution >= 0.6 is 15.9 Å². The van der Waals surface area contributed by atoms with Crippen LogP contribution in [0.5, 0.6) is 0 Å². The molecule has 0 atom stereocenters. The van der Waals surface area contributed by atoms with Gasteiger partial charge in [0.15, 0.2) is 0 Å². The van der Waals surface area contributed by atoms with Crippen LogP contribution in [0.15, 0.2) is 112 Å². The Bertz CT molecular complexity index is 1950. The van der Waals surface area contributed by atoms with Crippen molar-refractivity contribution in [3.8, 4) is 11.1 Å². The molecule has 7 aromatic rings. The van der Waals surface area contributed by atoms with E-state index in [0.717, 1.165) is 47.7 Å². The summed E-state index contributed by atoms with van der Waals surface area (Å²) in [6.45, 7) is 0. The fourth-order valence-corrected chi connectivity index (χ4v) is 5.51. The standard InChI is InChI=1S/C30H17BrO/c31-30-23-11-5-3-9-21(23)28(22-10-4-6-12-24(22)30)19-14-15-26-25(17-19)29-20-8-2-1-7-18(20)13-16-27(29)32-26/h1-17H/i14D,15D,17D. The van der Waals surface area contributed by atoms with E-state index in [1.54, 1.807) is 0 Å². The van der Waals surface area contributed by atoms with Crippen LogP contribution in [0.3, 0.4) is 0 Å². The maximum atomic E-state index is 9.42. The third-order valence-electron chi connectivity index (χ3n) is 6.25. The molecule has 0 spiro atoms. The molecule has 1 nitrogen and oxygen atoms in total. The fourth-order valence-electron chi connectivity index (χ4n) is 4.82. The van der Waals surface area contributed by atoms with Crippen LogP contribution in [0.25, 0.3) is 65.4 Å². The van der Waals surface area contributed by atoms with Crippen molar-refractivity contribution in [1.82, 2.24) is 0 Å². The summed E-state index contributed by atoms with van der Waals surface area (Å²) >= 11 is 3.79. The summed E-state index contributed by atoms with van der Waals surface area (Å²) in [5.41, 5.74) is 2.18. The van der Waals surface area contributed by atoms with Gasteiger partial charge in [0.05, 0.1) is 4.11 Å². The van der Waals surface area contributed by atoms with Gasteiger partial charge < -0.3 is 4.42 Å². The van der Waals surface area contributed by atoms with E-state index in [2.05, 4.69) is 15.9 Å². The topological polar surface area (TPSA) is 13.1 Å². The van der Waals surface area contributed by atoms with Crippen molar-refractivity contribution < 1.29 is 8.53 Å². The van der Waals surface area contributed by atoms with Crippen molar-refractivity contribution in [1.29, 1.82) is 0 Å². The normalized spacial score (nSPS) is 13.2. The number of halogens is 1. The Labute approximate surface area is 197 Å². The highest BCUT2D eigenvalue weighted by Crippen LogP contribution is 2.43. The zero-order chi connectivity index (χ0) is 23.8. The summed E-state index contributed by atoms with van der Waals surface area (Å²) in [6.07, 6.45) is 0. The molecule has 6 aromatic carbocycles. The van der Waals surface area contributed by atoms with Gasteiger partial charge in [-0.2, -0.15) is 0 Å². The lowest BCUT2D eigenvalue weighted by molar-refractivity contribution is 0.669. The molecule has 0 bridgehead atoms. The van der Waals surface area contributed by atoms with Gasteiger partial charge in [-0.05, 0) is 77.5 Å². The summed E-state index contributed by atoms with van der Waals surface area (Å²) in [6, 6.07) is 28.2. The zero-order valence-corrected chi connectivity index (χ0v) is 18.5. The van der Waals surface area contributed by atoms with Gasteiger partial charge >= 0.3 is 0 Å². The molecule has 2 heteroatoms. The smallest absolute Gasteiger partial charge is 0.136 e. The molecule has 0 unspecified atom stereocenters. The monoisotopic (exact) mass is 475 g/mol. The highest BCUT2D eigenvalue weighted by Gasteiger charge is 2.16. The van der Waals surface area contributed by atoms with Crippen LogP contribution in [0.1, 0.15) is 4.11 Å². The molecule has 1 aromatic heterocycles. The molecule has 0 radical (unpaired) electrons. The number of hydrogen-bond acceptors (Lipinski definition) is 1. The van der Waals surface area contributed by atoms with Crippen LogP contribution in [-0.4, -0.2) is 0 Å². The van der Waals surface area contributed by atoms with Crippen molar-refractivity contribution >= 4 is 70.2 Å². The van der Waals surface area contributed by atoms with E-state index in [9.17, 15) is 1.37 Å². The Kier molecular flexibility index (Phi) is 3.18. The van der Waals surface area contributed by atoms with E-state index in [4.69, 9.17) is 7.16 Å². The van der Waals surface area contributed by atoms with Crippen molar-refractivity contribution in [3.05, 3.63) is 108 Å². The Hall–Kier alpha value is -3.62. The molecular formula is C30H17BrO. The Morgan fingerprint density at radius 3 is 1.94 bits per heavy atom. The van der Waals surface area contributed by atoms with Crippen molar-refractivity contribution in [3.63, 3.8) is 0 Å². The highest BCUT2D eigenvalue weighted by molar-refractivity contribution is 9.10. The van der Waals surface area contributed by atoms with Crippen molar-refractivity contribution in [2.45, 2.75) is 0 Å². The first-order valence-electron chi connectivity index (χ1n) is 12.0. The predicted octanol–water partition coefficient (Wildman–Crippen LogP) is 9.48. The predicted molar refractivity (Wildman–Crippen MR) is 139 cm³/mol. The minimum absolute atomic E-state index is 0.00219. The number of furan rings is 1. The van der Waals surface area contributed by atoms with E-state index in [1.807, 2.05) is 84.9 Å². The fraction of sp³-hybridized carbons (Fsp3) is 0. The lowest BCUT2D eigenvalue weighted by Crippen LogP contribution is -1.87. The second-order valence-corrected chi connectivity index (χ2v) is 8.79. The molecule has 0 saturated heterocycles. The summed E-state index contributed by atoms with van der Waals surface area (Å²) < 4.78 is 34.4. The van der Waals surface area contributed by atoms with Gasteiger partial charge in [0, 0.05) is 15.2 Å². The van der Waals surface area contributed by atoms with E-state index >= 15 is 0 Å². The molecule has 150 valence electrons. The van der Waals surface area contributed by atoms with Gasteiger partial charge in [0.25, 0.3) is 0 Å². The SMILES string of the molecule is [2H]c1c(-c2c3ccccc3c(Br)c3ccccc23)c([2H])c2c(oc3ccc4ccccc4c32)c1[2H]. The van der Waals surface area contributed by atoms with Crippen LogP contribution in [0.2, 0.25) is 0 Å². The van der Waals surface area contributed by atoms with Gasteiger partial charge in [-0.15, -0.1) is 0 Å². The quantitative estimate of drug-likeness (QED) is 0.215. The maximum absolute atomic E-state index is 9.42. The van der Waals surface area contributed by atoms with E-state index < -0.39 is 0 Å². The maximum Gasteiger partial charge on any atom is 0.136 e. The molecule has 0 aliphatic heterocycles. The number of fused-ring (bicyclic) bond motifs is 7. The second-order valence-electron chi connectivity index (χ2n) is 8.00. The summed E-state index contributed by atoms with van der Waals surface area (Å²) in [5, 5.41) is 7.33. The minimum atomic E-state index is 0.00219. The Morgan fingerprint density at radius 1 is 0.594 bits per heavy atom. The molecule has 1 heterocycles. The third kappa shape index (κ3) is 2.44. The molecule has 7 rings (SSSR count). The number of rotatable bonds is 1. The van der Waals surface area contributed by atoms with Gasteiger partial charge in [-0.25, -0.2) is 0 Å². The molecule has 0 amide bonds. The van der Waals surface area contributed by atoms with Gasteiger partial charge in [0.2, 0.25) is 0 Å². The average molecular weight is 476 g/mol. The molecule has 0 saturated carbocycles. The second kappa shape index (κ2) is 6.69. The first-order chi connectivity index (χ1) is 17.1. The first kappa shape index (κ1) is 15.2. The molecule has 0 N–H and O–H groups in total. The largest absolute Gasteiger partial charge is 0.456 e. The average Bonchev–Trinajstić information content (AvgIpc) is 3.30. The lowest BCUT2D eigenvalue weighted by Gasteiger charge is -2.14. The molecular weight excluding hydrogens is 456 g/mol. The highest BCUT2D eigenvalue weighted by atomic mass is 79.9.